The van der Waals surface area contributed by atoms with Gasteiger partial charge in [0.15, 0.2) is 0 Å². The minimum absolute atomic E-state index is 0.0816. The number of nitrogens with two attached hydrogens (primary N) is 1. The van der Waals surface area contributed by atoms with E-state index in [-0.39, 0.29) is 18.4 Å². The molecule has 90 valence electrons. The molecule has 0 amide bonds. The maximum absolute atomic E-state index is 10.5. The molecule has 3 N–H and O–H groups in total. The van der Waals surface area contributed by atoms with Gasteiger partial charge in [0.2, 0.25) is 0 Å². The maximum atomic E-state index is 10.5. The highest BCUT2D eigenvalue weighted by atomic mass is 79.9. The lowest BCUT2D eigenvalue weighted by atomic mass is 9.96. The summed E-state index contributed by atoms with van der Waals surface area (Å²) in [5.74, 6) is -0.691. The second-order valence-electron chi connectivity index (χ2n) is 3.82. The molecule has 0 fully saturated rings. The van der Waals surface area contributed by atoms with Gasteiger partial charge in [-0.3, -0.25) is 4.79 Å². The van der Waals surface area contributed by atoms with E-state index in [1.807, 2.05) is 13.0 Å². The fourth-order valence-electron chi connectivity index (χ4n) is 1.55. The molecule has 0 bridgehead atoms. The van der Waals surface area contributed by atoms with E-state index in [0.29, 0.717) is 6.42 Å². The molecular formula is C10H13Br2NO2S. The van der Waals surface area contributed by atoms with Crippen LogP contribution in [0.3, 0.4) is 0 Å². The van der Waals surface area contributed by atoms with E-state index in [1.165, 1.54) is 0 Å². The number of aliphatic carboxylic acids is 1. The third-order valence-electron chi connectivity index (χ3n) is 2.26. The largest absolute Gasteiger partial charge is 0.481 e. The van der Waals surface area contributed by atoms with Gasteiger partial charge in [-0.15, -0.1) is 11.3 Å². The molecule has 0 aliphatic rings. The zero-order valence-corrected chi connectivity index (χ0v) is 12.7. The van der Waals surface area contributed by atoms with Crippen molar-refractivity contribution in [3.63, 3.8) is 0 Å². The number of hydrogen-bond acceptors (Lipinski definition) is 3. The van der Waals surface area contributed by atoms with Crippen molar-refractivity contribution in [2.75, 3.05) is 0 Å². The Morgan fingerprint density at radius 1 is 1.62 bits per heavy atom. The predicted molar refractivity (Wildman–Crippen MR) is 72.7 cm³/mol. The quantitative estimate of drug-likeness (QED) is 0.828. The summed E-state index contributed by atoms with van der Waals surface area (Å²) in [5, 5.41) is 8.67. The van der Waals surface area contributed by atoms with Gasteiger partial charge in [0.05, 0.1) is 7.57 Å². The normalized spacial score (nSPS) is 14.8. The van der Waals surface area contributed by atoms with Crippen molar-refractivity contribution in [3.05, 3.63) is 19.2 Å². The monoisotopic (exact) mass is 369 g/mol. The van der Waals surface area contributed by atoms with Crippen molar-refractivity contribution < 1.29 is 9.90 Å². The Kier molecular flexibility index (Phi) is 5.43. The van der Waals surface area contributed by atoms with E-state index in [4.69, 9.17) is 10.8 Å². The summed E-state index contributed by atoms with van der Waals surface area (Å²) >= 11 is 8.42. The van der Waals surface area contributed by atoms with Gasteiger partial charge in [0.25, 0.3) is 0 Å². The van der Waals surface area contributed by atoms with Crippen molar-refractivity contribution >= 4 is 49.2 Å². The lowest BCUT2D eigenvalue weighted by molar-refractivity contribution is -0.138. The van der Waals surface area contributed by atoms with Crippen LogP contribution in [0.4, 0.5) is 0 Å². The first-order valence-electron chi connectivity index (χ1n) is 4.82. The van der Waals surface area contributed by atoms with Gasteiger partial charge >= 0.3 is 5.97 Å². The van der Waals surface area contributed by atoms with E-state index in [9.17, 15) is 4.79 Å². The van der Waals surface area contributed by atoms with Gasteiger partial charge < -0.3 is 10.8 Å². The second-order valence-corrected chi connectivity index (χ2v) is 7.57. The molecule has 2 unspecified atom stereocenters. The number of thiophene rings is 1. The van der Waals surface area contributed by atoms with Crippen molar-refractivity contribution in [3.8, 4) is 0 Å². The van der Waals surface area contributed by atoms with Crippen LogP contribution in [0.1, 0.15) is 31.4 Å². The van der Waals surface area contributed by atoms with Crippen LogP contribution in [-0.4, -0.2) is 11.1 Å². The molecule has 2 atom stereocenters. The molecule has 0 radical (unpaired) electrons. The van der Waals surface area contributed by atoms with Crippen LogP contribution < -0.4 is 5.73 Å². The summed E-state index contributed by atoms with van der Waals surface area (Å²) in [5.41, 5.74) is 7.08. The Balaban J connectivity index is 2.61. The summed E-state index contributed by atoms with van der Waals surface area (Å²) in [4.78, 5) is 10.5. The number of carboxylic acids is 1. The third-order valence-corrected chi connectivity index (χ3v) is 4.65. The summed E-state index contributed by atoms with van der Waals surface area (Å²) < 4.78 is 2.03. The Morgan fingerprint density at radius 3 is 2.69 bits per heavy atom. The van der Waals surface area contributed by atoms with Gasteiger partial charge in [-0.1, -0.05) is 6.92 Å². The van der Waals surface area contributed by atoms with Crippen LogP contribution in [0.25, 0.3) is 0 Å². The topological polar surface area (TPSA) is 63.3 Å². The van der Waals surface area contributed by atoms with Crippen molar-refractivity contribution in [1.82, 2.24) is 0 Å². The Bertz CT molecular complexity index is 381. The van der Waals surface area contributed by atoms with E-state index in [1.54, 1.807) is 11.3 Å². The van der Waals surface area contributed by atoms with Crippen molar-refractivity contribution in [2.45, 2.75) is 25.8 Å². The van der Waals surface area contributed by atoms with Gasteiger partial charge in [-0.05, 0) is 55.8 Å². The Labute approximate surface area is 115 Å². The van der Waals surface area contributed by atoms with Crippen LogP contribution in [0.15, 0.2) is 13.6 Å². The number of halogens is 2. The minimum atomic E-state index is -0.773. The molecule has 0 aliphatic carbocycles. The van der Waals surface area contributed by atoms with Gasteiger partial charge in [0.1, 0.15) is 0 Å². The number of hydrogen-bond donors (Lipinski definition) is 2. The zero-order chi connectivity index (χ0) is 12.3. The molecule has 1 heterocycles. The molecule has 0 saturated heterocycles. The van der Waals surface area contributed by atoms with Crippen LogP contribution in [0.2, 0.25) is 0 Å². The first-order valence-corrected chi connectivity index (χ1v) is 7.22. The van der Waals surface area contributed by atoms with Gasteiger partial charge in [0, 0.05) is 12.5 Å². The molecule has 1 rings (SSSR count). The van der Waals surface area contributed by atoms with E-state index in [2.05, 4.69) is 31.9 Å². The standard InChI is InChI=1S/C10H13Br2NO2S/c1-5(3-9(14)15)2-7(13)6-4-8(11)16-10(6)12/h4-5,7H,2-3,13H2,1H3,(H,14,15). The molecule has 16 heavy (non-hydrogen) atoms. The lowest BCUT2D eigenvalue weighted by Crippen LogP contribution is -2.15. The highest BCUT2D eigenvalue weighted by Crippen LogP contribution is 2.36. The zero-order valence-electron chi connectivity index (χ0n) is 8.74. The molecule has 1 aromatic heterocycles. The highest BCUT2D eigenvalue weighted by Gasteiger charge is 2.17. The minimum Gasteiger partial charge on any atom is -0.481 e. The third kappa shape index (κ3) is 4.16. The molecule has 0 spiro atoms. The average Bonchev–Trinajstić information content (AvgIpc) is 2.43. The summed E-state index contributed by atoms with van der Waals surface area (Å²) in [6, 6.07) is 1.86. The predicted octanol–water partition coefficient (Wildman–Crippen LogP) is 3.77. The smallest absolute Gasteiger partial charge is 0.303 e. The van der Waals surface area contributed by atoms with Crippen molar-refractivity contribution in [2.24, 2.45) is 11.7 Å². The SMILES string of the molecule is CC(CC(=O)O)CC(N)c1cc(Br)sc1Br. The first-order chi connectivity index (χ1) is 7.40. The molecule has 0 saturated carbocycles. The fourth-order valence-corrected chi connectivity index (χ4v) is 4.55. The summed E-state index contributed by atoms with van der Waals surface area (Å²) in [7, 11) is 0. The maximum Gasteiger partial charge on any atom is 0.303 e. The molecule has 6 heteroatoms. The molecule has 0 aromatic carbocycles. The number of carboxylic acid groups (broad SMARTS) is 1. The summed E-state index contributed by atoms with van der Waals surface area (Å²) in [6.07, 6.45) is 0.838. The van der Waals surface area contributed by atoms with Crippen LogP contribution >= 0.6 is 43.2 Å². The molecular weight excluding hydrogens is 358 g/mol. The molecule has 0 aliphatic heterocycles. The first kappa shape index (κ1) is 14.2. The second kappa shape index (κ2) is 6.14. The summed E-state index contributed by atoms with van der Waals surface area (Å²) in [6.45, 7) is 1.91. The molecule has 3 nitrogen and oxygen atoms in total. The number of carbonyl (C=O) groups is 1. The van der Waals surface area contributed by atoms with Crippen LogP contribution in [0, 0.1) is 5.92 Å². The Morgan fingerprint density at radius 2 is 2.25 bits per heavy atom. The lowest BCUT2D eigenvalue weighted by Gasteiger charge is -2.15. The average molecular weight is 371 g/mol. The van der Waals surface area contributed by atoms with E-state index >= 15 is 0 Å². The molecule has 1 aromatic rings. The van der Waals surface area contributed by atoms with E-state index in [0.717, 1.165) is 13.1 Å². The number of rotatable bonds is 5. The van der Waals surface area contributed by atoms with E-state index < -0.39 is 5.97 Å². The van der Waals surface area contributed by atoms with Crippen molar-refractivity contribution in [1.29, 1.82) is 0 Å². The fraction of sp³-hybridized carbons (Fsp3) is 0.500. The Hall–Kier alpha value is 0.0900. The van der Waals surface area contributed by atoms with Crippen LogP contribution in [-0.2, 0) is 4.79 Å². The van der Waals surface area contributed by atoms with Gasteiger partial charge in [-0.2, -0.15) is 0 Å². The van der Waals surface area contributed by atoms with Crippen LogP contribution in [0.5, 0.6) is 0 Å². The highest BCUT2D eigenvalue weighted by molar-refractivity contribution is 9.12. The van der Waals surface area contributed by atoms with Gasteiger partial charge in [-0.25, -0.2) is 0 Å².